The van der Waals surface area contributed by atoms with Crippen molar-refractivity contribution in [3.8, 4) is 0 Å². The molecule has 1 aromatic rings. The third-order valence-electron chi connectivity index (χ3n) is 3.72. The number of carbonyl (C=O) groups is 3. The van der Waals surface area contributed by atoms with Gasteiger partial charge in [0.05, 0.1) is 19.1 Å². The van der Waals surface area contributed by atoms with Crippen LogP contribution in [0.25, 0.3) is 0 Å². The van der Waals surface area contributed by atoms with Crippen molar-refractivity contribution in [3.05, 3.63) is 29.8 Å². The van der Waals surface area contributed by atoms with Gasteiger partial charge in [-0.2, -0.15) is 0 Å². The van der Waals surface area contributed by atoms with Crippen molar-refractivity contribution in [1.29, 1.82) is 0 Å². The summed E-state index contributed by atoms with van der Waals surface area (Å²) >= 11 is 0. The first-order valence-electron chi connectivity index (χ1n) is 8.36. The van der Waals surface area contributed by atoms with E-state index in [0.29, 0.717) is 24.4 Å². The van der Waals surface area contributed by atoms with Crippen LogP contribution >= 0.6 is 0 Å². The average molecular weight is 350 g/mol. The molecule has 0 bridgehead atoms. The predicted molar refractivity (Wildman–Crippen MR) is 94.4 cm³/mol. The van der Waals surface area contributed by atoms with Gasteiger partial charge in [-0.25, -0.2) is 4.79 Å². The smallest absolute Gasteiger partial charge is 0.338 e. The molecular formula is C18H26N2O5. The summed E-state index contributed by atoms with van der Waals surface area (Å²) in [7, 11) is 1.28. The Bertz CT molecular complexity index is 567. The second-order valence-corrected chi connectivity index (χ2v) is 5.36. The van der Waals surface area contributed by atoms with Gasteiger partial charge in [0.1, 0.15) is 6.61 Å². The molecule has 0 atom stereocenters. The van der Waals surface area contributed by atoms with E-state index in [4.69, 9.17) is 4.74 Å². The first kappa shape index (κ1) is 20.6. The number of hydrogen-bond acceptors (Lipinski definition) is 6. The molecule has 0 spiro atoms. The number of methoxy groups -OCH3 is 1. The van der Waals surface area contributed by atoms with Crippen LogP contribution in [0.4, 0.5) is 5.69 Å². The van der Waals surface area contributed by atoms with Crippen LogP contribution in [0.2, 0.25) is 0 Å². The molecule has 0 heterocycles. The van der Waals surface area contributed by atoms with Crippen LogP contribution < -0.4 is 5.32 Å². The van der Waals surface area contributed by atoms with Crippen molar-refractivity contribution >= 4 is 23.5 Å². The molecule has 25 heavy (non-hydrogen) atoms. The second-order valence-electron chi connectivity index (χ2n) is 5.36. The van der Waals surface area contributed by atoms with Gasteiger partial charge in [-0.1, -0.05) is 13.8 Å². The number of hydrogen-bond donors (Lipinski definition) is 1. The van der Waals surface area contributed by atoms with E-state index in [0.717, 1.165) is 13.1 Å². The number of nitrogens with one attached hydrogen (secondary N) is 1. The van der Waals surface area contributed by atoms with Gasteiger partial charge in [0.2, 0.25) is 5.91 Å². The van der Waals surface area contributed by atoms with E-state index in [1.54, 1.807) is 24.3 Å². The summed E-state index contributed by atoms with van der Waals surface area (Å²) in [6.45, 7) is 6.99. The standard InChI is InChI=1S/C18H26N2O5/c1-4-20(5-2)12-13-25-18(23)14-6-8-15(9-7-14)19-16(21)10-11-17(22)24-3/h6-9H,4-5,10-13H2,1-3H3,(H,19,21). The molecule has 1 aromatic carbocycles. The number of ether oxygens (including phenoxy) is 2. The number of anilines is 1. The third kappa shape index (κ3) is 7.80. The van der Waals surface area contributed by atoms with Gasteiger partial charge in [-0.15, -0.1) is 0 Å². The number of amides is 1. The van der Waals surface area contributed by atoms with E-state index in [1.807, 2.05) is 0 Å². The maximum Gasteiger partial charge on any atom is 0.338 e. The summed E-state index contributed by atoms with van der Waals surface area (Å²) in [6.07, 6.45) is 0.0705. The van der Waals surface area contributed by atoms with E-state index in [1.165, 1.54) is 7.11 Å². The van der Waals surface area contributed by atoms with Crippen LogP contribution in [0.15, 0.2) is 24.3 Å². The zero-order valence-electron chi connectivity index (χ0n) is 15.0. The van der Waals surface area contributed by atoms with Gasteiger partial charge in [0, 0.05) is 18.7 Å². The van der Waals surface area contributed by atoms with E-state index >= 15 is 0 Å². The molecule has 0 fully saturated rings. The Morgan fingerprint density at radius 3 is 2.24 bits per heavy atom. The van der Waals surface area contributed by atoms with Crippen molar-refractivity contribution in [2.75, 3.05) is 38.7 Å². The monoisotopic (exact) mass is 350 g/mol. The van der Waals surface area contributed by atoms with Crippen LogP contribution in [-0.2, 0) is 19.1 Å². The highest BCUT2D eigenvalue weighted by Gasteiger charge is 2.10. The molecule has 0 aliphatic heterocycles. The number of benzene rings is 1. The molecule has 0 aliphatic rings. The summed E-state index contributed by atoms with van der Waals surface area (Å²) in [4.78, 5) is 36.8. The van der Waals surface area contributed by atoms with Crippen LogP contribution in [0, 0.1) is 0 Å². The van der Waals surface area contributed by atoms with Gasteiger partial charge in [0.25, 0.3) is 0 Å². The van der Waals surface area contributed by atoms with Crippen molar-refractivity contribution in [1.82, 2.24) is 4.90 Å². The lowest BCUT2D eigenvalue weighted by atomic mass is 10.2. The van der Waals surface area contributed by atoms with Crippen LogP contribution in [0.1, 0.15) is 37.0 Å². The Balaban J connectivity index is 2.43. The molecule has 1 N–H and O–H groups in total. The van der Waals surface area contributed by atoms with Crippen molar-refractivity contribution in [2.24, 2.45) is 0 Å². The lowest BCUT2D eigenvalue weighted by molar-refractivity contribution is -0.141. The molecular weight excluding hydrogens is 324 g/mol. The fourth-order valence-electron chi connectivity index (χ4n) is 2.12. The Labute approximate surface area is 148 Å². The zero-order valence-corrected chi connectivity index (χ0v) is 15.0. The topological polar surface area (TPSA) is 84.9 Å². The zero-order chi connectivity index (χ0) is 18.7. The van der Waals surface area contributed by atoms with Crippen LogP contribution in [-0.4, -0.2) is 56.1 Å². The van der Waals surface area contributed by atoms with Crippen LogP contribution in [0.5, 0.6) is 0 Å². The molecule has 7 nitrogen and oxygen atoms in total. The van der Waals surface area contributed by atoms with Crippen molar-refractivity contribution < 1.29 is 23.9 Å². The van der Waals surface area contributed by atoms with E-state index in [-0.39, 0.29) is 18.7 Å². The number of esters is 2. The van der Waals surface area contributed by atoms with Crippen LogP contribution in [0.3, 0.4) is 0 Å². The highest BCUT2D eigenvalue weighted by Crippen LogP contribution is 2.11. The normalized spacial score (nSPS) is 10.4. The average Bonchev–Trinajstić information content (AvgIpc) is 2.63. The minimum absolute atomic E-state index is 0.0271. The Morgan fingerprint density at radius 1 is 1.04 bits per heavy atom. The molecule has 7 heteroatoms. The summed E-state index contributed by atoms with van der Waals surface area (Å²) in [5, 5.41) is 2.66. The van der Waals surface area contributed by atoms with Gasteiger partial charge >= 0.3 is 11.9 Å². The summed E-state index contributed by atoms with van der Waals surface area (Å²) in [5.74, 6) is -1.12. The number of likely N-dealkylation sites (N-methyl/N-ethyl adjacent to an activating group) is 1. The third-order valence-corrected chi connectivity index (χ3v) is 3.72. The largest absolute Gasteiger partial charge is 0.469 e. The SMILES string of the molecule is CCN(CC)CCOC(=O)c1ccc(NC(=O)CCC(=O)OC)cc1. The second kappa shape index (κ2) is 11.2. The highest BCUT2D eigenvalue weighted by atomic mass is 16.5. The van der Waals surface area contributed by atoms with E-state index < -0.39 is 11.9 Å². The number of nitrogens with zero attached hydrogens (tertiary/aromatic N) is 1. The first-order chi connectivity index (χ1) is 12.0. The minimum atomic E-state index is -0.432. The predicted octanol–water partition coefficient (Wildman–Crippen LogP) is 2.08. The van der Waals surface area contributed by atoms with E-state index in [9.17, 15) is 14.4 Å². The van der Waals surface area contributed by atoms with Gasteiger partial charge in [0.15, 0.2) is 0 Å². The Hall–Kier alpha value is -2.41. The summed E-state index contributed by atoms with van der Waals surface area (Å²) < 4.78 is 9.72. The van der Waals surface area contributed by atoms with Crippen molar-refractivity contribution in [3.63, 3.8) is 0 Å². The molecule has 0 saturated heterocycles. The lowest BCUT2D eigenvalue weighted by Crippen LogP contribution is -2.27. The minimum Gasteiger partial charge on any atom is -0.469 e. The highest BCUT2D eigenvalue weighted by molar-refractivity contribution is 5.94. The van der Waals surface area contributed by atoms with Gasteiger partial charge in [-0.3, -0.25) is 9.59 Å². The maximum atomic E-state index is 12.0. The van der Waals surface area contributed by atoms with E-state index in [2.05, 4.69) is 28.8 Å². The summed E-state index contributed by atoms with van der Waals surface area (Å²) in [5.41, 5.74) is 0.974. The molecule has 0 radical (unpaired) electrons. The quantitative estimate of drug-likeness (QED) is 0.650. The molecule has 1 amide bonds. The Morgan fingerprint density at radius 2 is 1.68 bits per heavy atom. The van der Waals surface area contributed by atoms with Gasteiger partial charge < -0.3 is 19.7 Å². The maximum absolute atomic E-state index is 12.0. The van der Waals surface area contributed by atoms with Crippen molar-refractivity contribution in [2.45, 2.75) is 26.7 Å². The number of carbonyl (C=O) groups excluding carboxylic acids is 3. The molecule has 1 rings (SSSR count). The first-order valence-corrected chi connectivity index (χ1v) is 8.36. The number of rotatable bonds is 10. The van der Waals surface area contributed by atoms with Gasteiger partial charge in [-0.05, 0) is 37.4 Å². The molecule has 0 unspecified atom stereocenters. The molecule has 0 aromatic heterocycles. The fourth-order valence-corrected chi connectivity index (χ4v) is 2.12. The fraction of sp³-hybridized carbons (Fsp3) is 0.500. The Kier molecular flexibility index (Phi) is 9.24. The summed E-state index contributed by atoms with van der Waals surface area (Å²) in [6, 6.07) is 6.43. The molecule has 138 valence electrons. The molecule has 0 aliphatic carbocycles. The molecule has 0 saturated carbocycles. The lowest BCUT2D eigenvalue weighted by Gasteiger charge is -2.17.